The van der Waals surface area contributed by atoms with Crippen LogP contribution in [0.2, 0.25) is 0 Å². The van der Waals surface area contributed by atoms with Gasteiger partial charge in [-0.15, -0.1) is 0 Å². The van der Waals surface area contributed by atoms with E-state index in [-0.39, 0.29) is 16.9 Å². The van der Waals surface area contributed by atoms with E-state index in [0.29, 0.717) is 5.92 Å². The maximum absolute atomic E-state index is 11.7. The third kappa shape index (κ3) is 2.68. The van der Waals surface area contributed by atoms with Crippen LogP contribution in [0.15, 0.2) is 64.0 Å². The van der Waals surface area contributed by atoms with Gasteiger partial charge >= 0.3 is 0 Å². The lowest BCUT2D eigenvalue weighted by atomic mass is 9.77. The van der Waals surface area contributed by atoms with Gasteiger partial charge in [-0.25, -0.2) is 13.6 Å². The monoisotopic (exact) mass is 404 g/mol. The van der Waals surface area contributed by atoms with E-state index in [1.54, 1.807) is 12.1 Å². The van der Waals surface area contributed by atoms with Crippen molar-refractivity contribution in [3.8, 4) is 0 Å². The molecule has 1 aliphatic carbocycles. The summed E-state index contributed by atoms with van der Waals surface area (Å²) in [6.45, 7) is 0. The van der Waals surface area contributed by atoms with Gasteiger partial charge in [-0.3, -0.25) is 0 Å². The van der Waals surface area contributed by atoms with Gasteiger partial charge in [0, 0.05) is 16.1 Å². The van der Waals surface area contributed by atoms with Crippen molar-refractivity contribution in [3.05, 3.63) is 70.2 Å². The van der Waals surface area contributed by atoms with Gasteiger partial charge in [0.1, 0.15) is 0 Å². The molecule has 4 nitrogen and oxygen atoms in total. The molecule has 1 unspecified atom stereocenters. The average Bonchev–Trinajstić information content (AvgIpc) is 3.03. The van der Waals surface area contributed by atoms with Gasteiger partial charge in [0.05, 0.1) is 10.9 Å². The highest BCUT2D eigenvalue weighted by molar-refractivity contribution is 9.10. The fraction of sp³-hybridized carbons (Fsp3) is 0.222. The molecule has 1 heterocycles. The molecule has 0 fully saturated rings. The second-order valence-electron chi connectivity index (χ2n) is 6.32. The van der Waals surface area contributed by atoms with Crippen molar-refractivity contribution in [2.75, 3.05) is 5.32 Å². The molecule has 0 aromatic heterocycles. The molecule has 0 bridgehead atoms. The summed E-state index contributed by atoms with van der Waals surface area (Å²) in [4.78, 5) is 0.171. The fourth-order valence-electron chi connectivity index (χ4n) is 3.75. The minimum atomic E-state index is -3.69. The van der Waals surface area contributed by atoms with Gasteiger partial charge in [-0.1, -0.05) is 40.2 Å². The van der Waals surface area contributed by atoms with E-state index < -0.39 is 10.0 Å². The minimum absolute atomic E-state index is 0.171. The molecule has 2 aromatic carbocycles. The number of sulfonamides is 1. The quantitative estimate of drug-likeness (QED) is 0.744. The van der Waals surface area contributed by atoms with Crippen LogP contribution in [0.3, 0.4) is 0 Å². The Bertz CT molecular complexity index is 923. The van der Waals surface area contributed by atoms with E-state index in [0.717, 1.165) is 22.1 Å². The summed E-state index contributed by atoms with van der Waals surface area (Å²) < 4.78 is 24.4. The maximum Gasteiger partial charge on any atom is 0.238 e. The number of primary sulfonamides is 1. The van der Waals surface area contributed by atoms with Gasteiger partial charge in [0.15, 0.2) is 0 Å². The predicted molar refractivity (Wildman–Crippen MR) is 98.3 cm³/mol. The summed E-state index contributed by atoms with van der Waals surface area (Å²) >= 11 is 3.48. The molecule has 0 amide bonds. The Kier molecular flexibility index (Phi) is 3.78. The zero-order chi connectivity index (χ0) is 16.9. The van der Waals surface area contributed by atoms with E-state index in [2.05, 4.69) is 45.5 Å². The maximum atomic E-state index is 11.7. The normalized spacial score (nSPS) is 25.0. The Morgan fingerprint density at radius 3 is 2.58 bits per heavy atom. The van der Waals surface area contributed by atoms with Crippen molar-refractivity contribution in [1.82, 2.24) is 0 Å². The largest absolute Gasteiger partial charge is 0.378 e. The molecule has 2 aliphatic rings. The van der Waals surface area contributed by atoms with Gasteiger partial charge in [0.2, 0.25) is 10.0 Å². The van der Waals surface area contributed by atoms with Crippen molar-refractivity contribution in [2.45, 2.75) is 23.3 Å². The lowest BCUT2D eigenvalue weighted by Gasteiger charge is -2.37. The number of allylic oxidation sites excluding steroid dienone is 2. The van der Waals surface area contributed by atoms with Crippen LogP contribution in [0.25, 0.3) is 0 Å². The van der Waals surface area contributed by atoms with Crippen LogP contribution in [0.1, 0.15) is 29.5 Å². The molecule has 3 N–H and O–H groups in total. The van der Waals surface area contributed by atoms with E-state index >= 15 is 0 Å². The van der Waals surface area contributed by atoms with Crippen molar-refractivity contribution in [3.63, 3.8) is 0 Å². The van der Waals surface area contributed by atoms with E-state index in [1.807, 2.05) is 18.2 Å². The zero-order valence-corrected chi connectivity index (χ0v) is 15.2. The van der Waals surface area contributed by atoms with Crippen LogP contribution in [0, 0.1) is 5.92 Å². The third-order valence-corrected chi connectivity index (χ3v) is 6.33. The molecule has 0 saturated carbocycles. The summed E-state index contributed by atoms with van der Waals surface area (Å²) in [5.41, 5.74) is 3.22. The Balaban J connectivity index is 1.79. The van der Waals surface area contributed by atoms with Crippen molar-refractivity contribution in [2.24, 2.45) is 11.1 Å². The SMILES string of the molecule is NS(=O)(=O)c1ccc2c(c1)[C@H]1C=CC[C@H]1C(c1ccc(Br)cc1)N2. The molecular weight excluding hydrogens is 388 g/mol. The Morgan fingerprint density at radius 2 is 1.88 bits per heavy atom. The first-order valence-corrected chi connectivity index (χ1v) is 10.1. The number of hydrogen-bond donors (Lipinski definition) is 2. The van der Waals surface area contributed by atoms with E-state index in [1.165, 1.54) is 5.56 Å². The van der Waals surface area contributed by atoms with Crippen LogP contribution in [-0.2, 0) is 10.0 Å². The predicted octanol–water partition coefficient (Wildman–Crippen LogP) is 3.92. The molecule has 3 atom stereocenters. The highest BCUT2D eigenvalue weighted by Gasteiger charge is 2.38. The van der Waals surface area contributed by atoms with Crippen LogP contribution < -0.4 is 10.5 Å². The number of nitrogens with one attached hydrogen (secondary N) is 1. The molecular formula is C18H17BrN2O2S. The summed E-state index contributed by atoms with van der Waals surface area (Å²) in [6, 6.07) is 13.7. The van der Waals surface area contributed by atoms with Crippen molar-refractivity contribution < 1.29 is 8.42 Å². The molecule has 4 rings (SSSR count). The number of fused-ring (bicyclic) bond motifs is 3. The zero-order valence-electron chi connectivity index (χ0n) is 12.8. The summed E-state index contributed by atoms with van der Waals surface area (Å²) in [6.07, 6.45) is 5.34. The second kappa shape index (κ2) is 5.72. The topological polar surface area (TPSA) is 72.2 Å². The molecule has 0 saturated heterocycles. The van der Waals surface area contributed by atoms with Gasteiger partial charge in [-0.2, -0.15) is 0 Å². The summed E-state index contributed by atoms with van der Waals surface area (Å²) in [5.74, 6) is 0.575. The first-order valence-electron chi connectivity index (χ1n) is 7.79. The van der Waals surface area contributed by atoms with E-state index in [4.69, 9.17) is 5.14 Å². The molecule has 124 valence electrons. The summed E-state index contributed by atoms with van der Waals surface area (Å²) in [5, 5.41) is 8.88. The van der Waals surface area contributed by atoms with Crippen LogP contribution in [-0.4, -0.2) is 8.42 Å². The lowest BCUT2D eigenvalue weighted by molar-refractivity contribution is 0.425. The highest BCUT2D eigenvalue weighted by Crippen LogP contribution is 2.50. The lowest BCUT2D eigenvalue weighted by Crippen LogP contribution is -2.29. The highest BCUT2D eigenvalue weighted by atomic mass is 79.9. The molecule has 1 aliphatic heterocycles. The van der Waals surface area contributed by atoms with Gasteiger partial charge in [0.25, 0.3) is 0 Å². The molecule has 0 radical (unpaired) electrons. The smallest absolute Gasteiger partial charge is 0.238 e. The minimum Gasteiger partial charge on any atom is -0.378 e. The number of rotatable bonds is 2. The van der Waals surface area contributed by atoms with Crippen LogP contribution in [0.5, 0.6) is 0 Å². The van der Waals surface area contributed by atoms with Crippen molar-refractivity contribution >= 4 is 31.6 Å². The number of benzene rings is 2. The van der Waals surface area contributed by atoms with E-state index in [9.17, 15) is 8.42 Å². The number of halogens is 1. The molecule has 6 heteroatoms. The molecule has 0 spiro atoms. The Labute approximate surface area is 149 Å². The Hall–Kier alpha value is -1.63. The molecule has 24 heavy (non-hydrogen) atoms. The first kappa shape index (κ1) is 15.9. The Morgan fingerprint density at radius 1 is 1.12 bits per heavy atom. The summed E-state index contributed by atoms with van der Waals surface area (Å²) in [7, 11) is -3.69. The van der Waals surface area contributed by atoms with Crippen LogP contribution in [0.4, 0.5) is 5.69 Å². The second-order valence-corrected chi connectivity index (χ2v) is 8.80. The number of anilines is 1. The third-order valence-electron chi connectivity index (χ3n) is 4.89. The fourth-order valence-corrected chi connectivity index (χ4v) is 4.56. The first-order chi connectivity index (χ1) is 11.4. The van der Waals surface area contributed by atoms with Crippen LogP contribution >= 0.6 is 15.9 Å². The average molecular weight is 405 g/mol. The standard InChI is InChI=1S/C18H17BrN2O2S/c19-12-6-4-11(5-7-12)18-15-3-1-2-14(15)16-10-13(24(20,22)23)8-9-17(16)21-18/h1-2,4-10,14-15,18,21H,3H2,(H2,20,22,23)/t14-,15+,18?/m0/s1. The van der Waals surface area contributed by atoms with Gasteiger partial charge < -0.3 is 5.32 Å². The number of hydrogen-bond acceptors (Lipinski definition) is 3. The van der Waals surface area contributed by atoms with Gasteiger partial charge in [-0.05, 0) is 53.8 Å². The number of nitrogens with two attached hydrogens (primary N) is 1. The van der Waals surface area contributed by atoms with Crippen molar-refractivity contribution in [1.29, 1.82) is 0 Å². The molecule has 2 aromatic rings.